The van der Waals surface area contributed by atoms with Gasteiger partial charge in [-0.05, 0) is 42.3 Å². The molecule has 0 saturated carbocycles. The number of benzene rings is 2. The van der Waals surface area contributed by atoms with Gasteiger partial charge in [-0.1, -0.05) is 49.5 Å². The molecule has 0 radical (unpaired) electrons. The fourth-order valence-corrected chi connectivity index (χ4v) is 1.78. The third kappa shape index (κ3) is 4.57. The molecular formula is C19H16F2. The normalized spacial score (nSPS) is 10.4. The summed E-state index contributed by atoms with van der Waals surface area (Å²) in [5, 5.41) is 0. The quantitative estimate of drug-likeness (QED) is 0.681. The first-order chi connectivity index (χ1) is 10.2. The summed E-state index contributed by atoms with van der Waals surface area (Å²) in [6.07, 6.45) is 6.42. The standard InChI is InChI=1S/C19H16F2/c1-2-3-4-5-15-6-8-16(9-7-15)10-11-17-12-13-18(20)19(21)14-17/h4-9,12-14H,2-3H2,1H3/b5-4+. The van der Waals surface area contributed by atoms with Gasteiger partial charge < -0.3 is 0 Å². The van der Waals surface area contributed by atoms with Gasteiger partial charge in [0, 0.05) is 11.1 Å². The molecule has 0 N–H and O–H groups in total. The Labute approximate surface area is 124 Å². The molecule has 2 aromatic rings. The third-order valence-electron chi connectivity index (χ3n) is 2.95. The van der Waals surface area contributed by atoms with Crippen LogP contribution in [0.2, 0.25) is 0 Å². The molecule has 2 aromatic carbocycles. The summed E-state index contributed by atoms with van der Waals surface area (Å²) in [5.74, 6) is 4.03. The molecule has 0 saturated heterocycles. The summed E-state index contributed by atoms with van der Waals surface area (Å²) in [5.41, 5.74) is 2.43. The van der Waals surface area contributed by atoms with Crippen molar-refractivity contribution >= 4 is 6.08 Å². The van der Waals surface area contributed by atoms with E-state index < -0.39 is 11.6 Å². The van der Waals surface area contributed by atoms with Crippen LogP contribution in [0.15, 0.2) is 48.5 Å². The van der Waals surface area contributed by atoms with E-state index in [1.807, 2.05) is 24.3 Å². The minimum absolute atomic E-state index is 0.459. The lowest BCUT2D eigenvalue weighted by Crippen LogP contribution is -1.84. The summed E-state index contributed by atoms with van der Waals surface area (Å²) < 4.78 is 25.9. The topological polar surface area (TPSA) is 0 Å². The number of allylic oxidation sites excluding steroid dienone is 1. The Morgan fingerprint density at radius 1 is 0.905 bits per heavy atom. The fourth-order valence-electron chi connectivity index (χ4n) is 1.78. The Morgan fingerprint density at radius 3 is 2.24 bits per heavy atom. The van der Waals surface area contributed by atoms with Gasteiger partial charge in [-0.3, -0.25) is 0 Å². The molecule has 106 valence electrons. The molecule has 2 rings (SSSR count). The zero-order valence-corrected chi connectivity index (χ0v) is 11.9. The molecule has 0 aromatic heterocycles. The molecule has 0 spiro atoms. The molecule has 0 bridgehead atoms. The number of hydrogen-bond donors (Lipinski definition) is 0. The Morgan fingerprint density at radius 2 is 1.57 bits per heavy atom. The predicted octanol–water partition coefficient (Wildman–Crippen LogP) is 5.18. The molecule has 0 aliphatic heterocycles. The van der Waals surface area contributed by atoms with E-state index in [0.717, 1.165) is 36.1 Å². The van der Waals surface area contributed by atoms with Crippen molar-refractivity contribution in [1.82, 2.24) is 0 Å². The molecule has 0 fully saturated rings. The van der Waals surface area contributed by atoms with Crippen LogP contribution in [0.1, 0.15) is 36.5 Å². The largest absolute Gasteiger partial charge is 0.204 e. The van der Waals surface area contributed by atoms with E-state index in [1.165, 1.54) is 6.07 Å². The highest BCUT2D eigenvalue weighted by atomic mass is 19.2. The highest BCUT2D eigenvalue weighted by Gasteiger charge is 1.99. The Kier molecular flexibility index (Phi) is 5.29. The minimum Gasteiger partial charge on any atom is -0.204 e. The molecule has 0 unspecified atom stereocenters. The lowest BCUT2D eigenvalue weighted by Gasteiger charge is -1.95. The van der Waals surface area contributed by atoms with Gasteiger partial charge in [-0.15, -0.1) is 0 Å². The summed E-state index contributed by atoms with van der Waals surface area (Å²) in [6.45, 7) is 2.14. The number of halogens is 2. The van der Waals surface area contributed by atoms with Crippen LogP contribution in [0.3, 0.4) is 0 Å². The Hall–Kier alpha value is -2.40. The van der Waals surface area contributed by atoms with E-state index in [9.17, 15) is 8.78 Å². The molecule has 0 nitrogen and oxygen atoms in total. The second-order valence-corrected chi connectivity index (χ2v) is 4.69. The van der Waals surface area contributed by atoms with Crippen LogP contribution in [0.4, 0.5) is 8.78 Å². The van der Waals surface area contributed by atoms with Crippen LogP contribution in [0.5, 0.6) is 0 Å². The van der Waals surface area contributed by atoms with Gasteiger partial charge in [0.05, 0.1) is 0 Å². The molecular weight excluding hydrogens is 266 g/mol. The van der Waals surface area contributed by atoms with Crippen LogP contribution >= 0.6 is 0 Å². The molecule has 21 heavy (non-hydrogen) atoms. The lowest BCUT2D eigenvalue weighted by atomic mass is 10.1. The van der Waals surface area contributed by atoms with E-state index in [4.69, 9.17) is 0 Å². The zero-order chi connectivity index (χ0) is 15.1. The molecule has 0 aliphatic carbocycles. The summed E-state index contributed by atoms with van der Waals surface area (Å²) in [7, 11) is 0. The molecule has 0 atom stereocenters. The molecule has 0 heterocycles. The van der Waals surface area contributed by atoms with Crippen LogP contribution in [-0.4, -0.2) is 0 Å². The zero-order valence-electron chi connectivity index (χ0n) is 11.9. The molecule has 0 aliphatic rings. The van der Waals surface area contributed by atoms with Crippen molar-refractivity contribution in [3.63, 3.8) is 0 Å². The van der Waals surface area contributed by atoms with Gasteiger partial charge in [-0.2, -0.15) is 0 Å². The van der Waals surface area contributed by atoms with Gasteiger partial charge >= 0.3 is 0 Å². The smallest absolute Gasteiger partial charge is 0.160 e. The van der Waals surface area contributed by atoms with Gasteiger partial charge in [-0.25, -0.2) is 8.78 Å². The van der Waals surface area contributed by atoms with Crippen molar-refractivity contribution in [2.45, 2.75) is 19.8 Å². The fraction of sp³-hybridized carbons (Fsp3) is 0.158. The van der Waals surface area contributed by atoms with E-state index >= 15 is 0 Å². The number of hydrogen-bond acceptors (Lipinski definition) is 0. The third-order valence-corrected chi connectivity index (χ3v) is 2.95. The SMILES string of the molecule is CCC/C=C/c1ccc(C#Cc2ccc(F)c(F)c2)cc1. The average Bonchev–Trinajstić information content (AvgIpc) is 2.50. The summed E-state index contributed by atoms with van der Waals surface area (Å²) >= 11 is 0. The van der Waals surface area contributed by atoms with E-state index in [1.54, 1.807) is 0 Å². The van der Waals surface area contributed by atoms with Crippen molar-refractivity contribution in [3.8, 4) is 11.8 Å². The van der Waals surface area contributed by atoms with Crippen molar-refractivity contribution in [2.24, 2.45) is 0 Å². The van der Waals surface area contributed by atoms with Crippen molar-refractivity contribution < 1.29 is 8.78 Å². The van der Waals surface area contributed by atoms with Crippen LogP contribution in [-0.2, 0) is 0 Å². The molecule has 2 heteroatoms. The maximum absolute atomic E-state index is 13.1. The second-order valence-electron chi connectivity index (χ2n) is 4.69. The summed E-state index contributed by atoms with van der Waals surface area (Å²) in [6, 6.07) is 11.5. The van der Waals surface area contributed by atoms with Gasteiger partial charge in [0.2, 0.25) is 0 Å². The first-order valence-electron chi connectivity index (χ1n) is 6.92. The Bertz CT molecular complexity index is 686. The van der Waals surface area contributed by atoms with Gasteiger partial charge in [0.1, 0.15) is 0 Å². The van der Waals surface area contributed by atoms with Crippen molar-refractivity contribution in [3.05, 3.63) is 76.9 Å². The van der Waals surface area contributed by atoms with Crippen molar-refractivity contribution in [1.29, 1.82) is 0 Å². The van der Waals surface area contributed by atoms with E-state index in [0.29, 0.717) is 5.56 Å². The Balaban J connectivity index is 2.10. The van der Waals surface area contributed by atoms with Crippen LogP contribution < -0.4 is 0 Å². The average molecular weight is 282 g/mol. The van der Waals surface area contributed by atoms with Crippen LogP contribution in [0.25, 0.3) is 6.08 Å². The van der Waals surface area contributed by atoms with E-state index in [2.05, 4.69) is 30.9 Å². The highest BCUT2D eigenvalue weighted by molar-refractivity contribution is 5.52. The first kappa shape index (κ1) is 15.0. The van der Waals surface area contributed by atoms with E-state index in [-0.39, 0.29) is 0 Å². The first-order valence-corrected chi connectivity index (χ1v) is 6.92. The van der Waals surface area contributed by atoms with Crippen molar-refractivity contribution in [2.75, 3.05) is 0 Å². The second kappa shape index (κ2) is 7.40. The monoisotopic (exact) mass is 282 g/mol. The molecule has 0 amide bonds. The predicted molar refractivity (Wildman–Crippen MR) is 82.7 cm³/mol. The van der Waals surface area contributed by atoms with Gasteiger partial charge in [0.25, 0.3) is 0 Å². The van der Waals surface area contributed by atoms with Gasteiger partial charge in [0.15, 0.2) is 11.6 Å². The number of unbranched alkanes of at least 4 members (excludes halogenated alkanes) is 1. The summed E-state index contributed by atoms with van der Waals surface area (Å²) in [4.78, 5) is 0. The maximum atomic E-state index is 13.1. The lowest BCUT2D eigenvalue weighted by molar-refractivity contribution is 0.508. The highest BCUT2D eigenvalue weighted by Crippen LogP contribution is 2.09. The van der Waals surface area contributed by atoms with Crippen LogP contribution in [0, 0.1) is 23.5 Å². The number of rotatable bonds is 3. The minimum atomic E-state index is -0.877. The maximum Gasteiger partial charge on any atom is 0.160 e.